The number of rotatable bonds is 5. The van der Waals surface area contributed by atoms with Gasteiger partial charge >= 0.3 is 0 Å². The highest BCUT2D eigenvalue weighted by Gasteiger charge is 2.30. The van der Waals surface area contributed by atoms with Crippen molar-refractivity contribution in [1.82, 2.24) is 20.2 Å². The number of carbonyl (C=O) groups is 1. The van der Waals surface area contributed by atoms with Crippen LogP contribution in [0.1, 0.15) is 60.9 Å². The first-order valence-corrected chi connectivity index (χ1v) is 11.1. The first-order valence-electron chi connectivity index (χ1n) is 10.1. The Bertz CT molecular complexity index is 845. The molecule has 2 aliphatic rings. The maximum Gasteiger partial charge on any atom is 0.271 e. The molecule has 1 heterocycles. The summed E-state index contributed by atoms with van der Waals surface area (Å²) in [6.07, 6.45) is 10.5. The summed E-state index contributed by atoms with van der Waals surface area (Å²) in [6.45, 7) is 0. The van der Waals surface area contributed by atoms with Crippen molar-refractivity contribution >= 4 is 23.4 Å². The molecule has 2 aromatic rings. The summed E-state index contributed by atoms with van der Waals surface area (Å²) in [5.74, 6) is 2.32. The van der Waals surface area contributed by atoms with Gasteiger partial charge in [-0.1, -0.05) is 43.2 Å². The third-order valence-corrected chi connectivity index (χ3v) is 7.04. The third kappa shape index (κ3) is 4.63. The van der Waals surface area contributed by atoms with E-state index in [9.17, 15) is 4.79 Å². The molecular weight excluding hydrogens is 370 g/mol. The van der Waals surface area contributed by atoms with Crippen LogP contribution in [0, 0.1) is 11.8 Å². The monoisotopic (exact) mass is 397 g/mol. The number of hydrazone groups is 1. The first-order chi connectivity index (χ1) is 13.7. The van der Waals surface area contributed by atoms with Gasteiger partial charge in [0.25, 0.3) is 5.91 Å². The van der Waals surface area contributed by atoms with Gasteiger partial charge in [-0.25, -0.2) is 5.43 Å². The molecular formula is C21H27N5OS. The average molecular weight is 398 g/mol. The van der Waals surface area contributed by atoms with Crippen LogP contribution in [0.5, 0.6) is 0 Å². The van der Waals surface area contributed by atoms with Crippen molar-refractivity contribution in [3.63, 3.8) is 0 Å². The van der Waals surface area contributed by atoms with E-state index in [1.165, 1.54) is 32.1 Å². The molecule has 1 N–H and O–H groups in total. The molecule has 2 aliphatic carbocycles. The van der Waals surface area contributed by atoms with Gasteiger partial charge in [0.15, 0.2) is 5.16 Å². The first kappa shape index (κ1) is 19.2. The summed E-state index contributed by atoms with van der Waals surface area (Å²) >= 11 is 1.63. The van der Waals surface area contributed by atoms with Gasteiger partial charge in [-0.05, 0) is 55.2 Å². The second kappa shape index (κ2) is 8.90. The van der Waals surface area contributed by atoms with E-state index in [1.807, 2.05) is 35.9 Å². The number of fused-ring (bicyclic) bond motifs is 1. The lowest BCUT2D eigenvalue weighted by molar-refractivity contribution is 0.0954. The molecule has 1 amide bonds. The Morgan fingerprint density at radius 3 is 2.75 bits per heavy atom. The highest BCUT2D eigenvalue weighted by molar-refractivity contribution is 7.98. The van der Waals surface area contributed by atoms with Crippen LogP contribution >= 0.6 is 11.8 Å². The molecule has 2 fully saturated rings. The number of hydrogen-bond donors (Lipinski definition) is 1. The highest BCUT2D eigenvalue weighted by Crippen LogP contribution is 2.39. The molecule has 0 spiro atoms. The normalized spacial score (nSPS) is 23.4. The average Bonchev–Trinajstić information content (AvgIpc) is 3.15. The van der Waals surface area contributed by atoms with Crippen molar-refractivity contribution in [3.8, 4) is 0 Å². The van der Waals surface area contributed by atoms with Gasteiger partial charge in [-0.15, -0.1) is 10.2 Å². The number of aromatic nitrogens is 3. The predicted molar refractivity (Wildman–Crippen MR) is 111 cm³/mol. The zero-order valence-corrected chi connectivity index (χ0v) is 17.1. The number of aryl methyl sites for hydroxylation is 1. The molecule has 1 aromatic heterocycles. The van der Waals surface area contributed by atoms with Crippen LogP contribution in [0.2, 0.25) is 0 Å². The summed E-state index contributed by atoms with van der Waals surface area (Å²) in [5.41, 5.74) is 5.71. The summed E-state index contributed by atoms with van der Waals surface area (Å²) < 4.78 is 1.90. The number of hydrogen-bond acceptors (Lipinski definition) is 5. The van der Waals surface area contributed by atoms with Crippen LogP contribution in [-0.4, -0.2) is 26.4 Å². The Morgan fingerprint density at radius 1 is 1.21 bits per heavy atom. The van der Waals surface area contributed by atoms with Crippen LogP contribution in [0.4, 0.5) is 0 Å². The molecule has 4 rings (SSSR count). The zero-order chi connectivity index (χ0) is 19.3. The minimum absolute atomic E-state index is 0.134. The Morgan fingerprint density at radius 2 is 2.00 bits per heavy atom. The quantitative estimate of drug-likeness (QED) is 0.607. The number of carbonyl (C=O) groups excluding carboxylic acids is 1. The molecule has 0 bridgehead atoms. The van der Waals surface area contributed by atoms with Crippen LogP contribution in [0.25, 0.3) is 0 Å². The molecule has 148 valence electrons. The molecule has 0 radical (unpaired) electrons. The molecule has 28 heavy (non-hydrogen) atoms. The lowest BCUT2D eigenvalue weighted by Gasteiger charge is -2.35. The SMILES string of the molecule is Cn1cnnc1SCc1ccc(C(=O)N/N=C2/CC[C@@H]3CCCC[C@@H]3C2)cc1. The fraction of sp³-hybridized carbons (Fsp3) is 0.524. The summed E-state index contributed by atoms with van der Waals surface area (Å²) in [5, 5.41) is 13.3. The Balaban J connectivity index is 1.29. The van der Waals surface area contributed by atoms with Crippen molar-refractivity contribution in [2.75, 3.05) is 0 Å². The number of benzene rings is 1. The standard InChI is InChI=1S/C21H27N5OS/c1-26-14-22-25-21(26)28-13-15-6-8-17(9-7-15)20(27)24-23-19-11-10-16-4-2-3-5-18(16)12-19/h6-9,14,16,18H,2-5,10-13H2,1H3,(H,24,27)/b23-19-/t16-,18+/m0/s1. The predicted octanol–water partition coefficient (Wildman–Crippen LogP) is 4.18. The maximum absolute atomic E-state index is 12.4. The highest BCUT2D eigenvalue weighted by atomic mass is 32.2. The van der Waals surface area contributed by atoms with Crippen LogP contribution in [-0.2, 0) is 12.8 Å². The van der Waals surface area contributed by atoms with Gasteiger partial charge in [0.2, 0.25) is 0 Å². The minimum Gasteiger partial charge on any atom is -0.312 e. The van der Waals surface area contributed by atoms with Gasteiger partial charge in [-0.3, -0.25) is 4.79 Å². The van der Waals surface area contributed by atoms with Gasteiger partial charge < -0.3 is 4.57 Å². The second-order valence-electron chi connectivity index (χ2n) is 7.88. The van der Waals surface area contributed by atoms with E-state index in [2.05, 4.69) is 20.7 Å². The number of thioether (sulfide) groups is 1. The fourth-order valence-electron chi connectivity index (χ4n) is 4.29. The zero-order valence-electron chi connectivity index (χ0n) is 16.3. The van der Waals surface area contributed by atoms with Gasteiger partial charge in [0.1, 0.15) is 6.33 Å². The minimum atomic E-state index is -0.134. The van der Waals surface area contributed by atoms with Gasteiger partial charge in [0.05, 0.1) is 0 Å². The Hall–Kier alpha value is -2.15. The summed E-state index contributed by atoms with van der Waals surface area (Å²) in [4.78, 5) is 12.4. The molecule has 2 saturated carbocycles. The lowest BCUT2D eigenvalue weighted by Crippen LogP contribution is -2.29. The second-order valence-corrected chi connectivity index (χ2v) is 8.82. The molecule has 2 atom stereocenters. The van der Waals surface area contributed by atoms with E-state index in [0.717, 1.165) is 46.9 Å². The Kier molecular flexibility index (Phi) is 6.10. The van der Waals surface area contributed by atoms with E-state index >= 15 is 0 Å². The van der Waals surface area contributed by atoms with Crippen molar-refractivity contribution in [2.24, 2.45) is 24.0 Å². The van der Waals surface area contributed by atoms with Crippen LogP contribution < -0.4 is 5.43 Å². The van der Waals surface area contributed by atoms with E-state index in [4.69, 9.17) is 0 Å². The molecule has 7 heteroatoms. The molecule has 6 nitrogen and oxygen atoms in total. The van der Waals surface area contributed by atoms with Crippen LogP contribution in [0.3, 0.4) is 0 Å². The van der Waals surface area contributed by atoms with Gasteiger partial charge in [-0.2, -0.15) is 5.10 Å². The van der Waals surface area contributed by atoms with Crippen molar-refractivity contribution in [3.05, 3.63) is 41.7 Å². The maximum atomic E-state index is 12.4. The number of nitrogens with one attached hydrogen (secondary N) is 1. The third-order valence-electron chi connectivity index (χ3n) is 5.94. The van der Waals surface area contributed by atoms with Crippen LogP contribution in [0.15, 0.2) is 40.9 Å². The topological polar surface area (TPSA) is 72.2 Å². The van der Waals surface area contributed by atoms with Gasteiger partial charge in [0, 0.05) is 24.1 Å². The number of nitrogens with zero attached hydrogens (tertiary/aromatic N) is 4. The molecule has 1 aromatic carbocycles. The van der Waals surface area contributed by atoms with E-state index < -0.39 is 0 Å². The molecule has 0 saturated heterocycles. The number of amides is 1. The summed E-state index contributed by atoms with van der Waals surface area (Å²) in [7, 11) is 1.93. The lowest BCUT2D eigenvalue weighted by atomic mass is 9.70. The van der Waals surface area contributed by atoms with Crippen molar-refractivity contribution in [2.45, 2.75) is 55.9 Å². The summed E-state index contributed by atoms with van der Waals surface area (Å²) in [6, 6.07) is 7.69. The molecule has 0 unspecified atom stereocenters. The van der Waals surface area contributed by atoms with E-state index in [0.29, 0.717) is 5.56 Å². The largest absolute Gasteiger partial charge is 0.312 e. The Labute approximate surface area is 170 Å². The smallest absolute Gasteiger partial charge is 0.271 e. The van der Waals surface area contributed by atoms with E-state index in [1.54, 1.807) is 18.1 Å². The van der Waals surface area contributed by atoms with Crippen molar-refractivity contribution in [1.29, 1.82) is 0 Å². The fourth-order valence-corrected chi connectivity index (χ4v) is 5.13. The van der Waals surface area contributed by atoms with E-state index in [-0.39, 0.29) is 5.91 Å². The van der Waals surface area contributed by atoms with Crippen molar-refractivity contribution < 1.29 is 4.79 Å². The molecule has 0 aliphatic heterocycles.